The molecule has 1 fully saturated rings. The van der Waals surface area contributed by atoms with Gasteiger partial charge in [0.25, 0.3) is 0 Å². The highest BCUT2D eigenvalue weighted by molar-refractivity contribution is 6.74. The van der Waals surface area contributed by atoms with Gasteiger partial charge in [-0.15, -0.1) is 0 Å². The Labute approximate surface area is 172 Å². The number of allylic oxidation sites excluding steroid dienone is 3. The predicted octanol–water partition coefficient (Wildman–Crippen LogP) is 5.37. The van der Waals surface area contributed by atoms with Crippen LogP contribution in [0.2, 0.25) is 18.1 Å². The van der Waals surface area contributed by atoms with Crippen molar-refractivity contribution >= 4 is 14.3 Å². The molecule has 162 valence electrons. The Morgan fingerprint density at radius 1 is 1.11 bits per heavy atom. The largest absolute Gasteiger partial charge is 0.460 e. The van der Waals surface area contributed by atoms with Crippen LogP contribution in [-0.2, 0) is 23.4 Å². The van der Waals surface area contributed by atoms with Crippen molar-refractivity contribution in [3.8, 4) is 0 Å². The van der Waals surface area contributed by atoms with Gasteiger partial charge in [0.2, 0.25) is 0 Å². The summed E-state index contributed by atoms with van der Waals surface area (Å²) in [6.07, 6.45) is 9.83. The highest BCUT2D eigenvalue weighted by Crippen LogP contribution is 2.37. The van der Waals surface area contributed by atoms with E-state index >= 15 is 0 Å². The van der Waals surface area contributed by atoms with Crippen molar-refractivity contribution < 1.29 is 23.4 Å². The van der Waals surface area contributed by atoms with Crippen molar-refractivity contribution in [2.45, 2.75) is 96.9 Å². The molecule has 0 spiro atoms. The molecule has 0 unspecified atom stereocenters. The third kappa shape index (κ3) is 8.60. The van der Waals surface area contributed by atoms with E-state index in [-0.39, 0.29) is 29.8 Å². The van der Waals surface area contributed by atoms with E-state index in [4.69, 9.17) is 18.6 Å². The van der Waals surface area contributed by atoms with Gasteiger partial charge in [-0.3, -0.25) is 0 Å². The number of carbonyl (C=O) groups is 1. The molecule has 6 heteroatoms. The van der Waals surface area contributed by atoms with Crippen LogP contribution in [0, 0.1) is 0 Å². The van der Waals surface area contributed by atoms with Gasteiger partial charge in [-0.1, -0.05) is 58.8 Å². The quantitative estimate of drug-likeness (QED) is 0.159. The minimum Gasteiger partial charge on any atom is -0.460 e. The Morgan fingerprint density at radius 2 is 1.71 bits per heavy atom. The molecule has 0 radical (unpaired) electrons. The average Bonchev–Trinajstić information content (AvgIpc) is 2.87. The van der Waals surface area contributed by atoms with E-state index < -0.39 is 14.1 Å². The van der Waals surface area contributed by atoms with Gasteiger partial charge in [-0.2, -0.15) is 0 Å². The minimum atomic E-state index is -1.89. The highest BCUT2D eigenvalue weighted by Gasteiger charge is 2.44. The number of unbranched alkanes of at least 4 members (excludes halogenated alkanes) is 2. The molecule has 1 aliphatic rings. The summed E-state index contributed by atoms with van der Waals surface area (Å²) in [4.78, 5) is 11.9. The predicted molar refractivity (Wildman–Crippen MR) is 116 cm³/mol. The van der Waals surface area contributed by atoms with Gasteiger partial charge in [0.1, 0.15) is 18.8 Å². The van der Waals surface area contributed by atoms with Crippen molar-refractivity contribution in [2.24, 2.45) is 0 Å². The summed E-state index contributed by atoms with van der Waals surface area (Å²) < 4.78 is 23.6. The van der Waals surface area contributed by atoms with Crippen molar-refractivity contribution in [2.75, 3.05) is 13.2 Å². The Kier molecular flexibility index (Phi) is 9.60. The number of hydrogen-bond acceptors (Lipinski definition) is 5. The van der Waals surface area contributed by atoms with Gasteiger partial charge in [-0.25, -0.2) is 4.79 Å². The minimum absolute atomic E-state index is 0.124. The Morgan fingerprint density at radius 3 is 2.29 bits per heavy atom. The van der Waals surface area contributed by atoms with Crippen molar-refractivity contribution in [1.82, 2.24) is 0 Å². The summed E-state index contributed by atoms with van der Waals surface area (Å²) in [6.45, 7) is 17.5. The SMILES string of the molecule is CCCC/C=C/C=C/C(=O)OC[C@H]1OC(C)(C)O[C@@H]1CO[Si](C)(C)C(C)(C)C. The monoisotopic (exact) mass is 412 g/mol. The molecule has 0 amide bonds. The molecule has 2 atom stereocenters. The first-order valence-corrected chi connectivity index (χ1v) is 13.3. The summed E-state index contributed by atoms with van der Waals surface area (Å²) >= 11 is 0. The zero-order valence-corrected chi connectivity index (χ0v) is 20.0. The van der Waals surface area contributed by atoms with Crippen molar-refractivity contribution in [3.05, 3.63) is 24.3 Å². The maximum absolute atomic E-state index is 11.9. The van der Waals surface area contributed by atoms with Crippen LogP contribution in [0.25, 0.3) is 0 Å². The van der Waals surface area contributed by atoms with E-state index in [1.165, 1.54) is 6.08 Å². The topological polar surface area (TPSA) is 54.0 Å². The number of hydrogen-bond donors (Lipinski definition) is 0. The second-order valence-electron chi connectivity index (χ2n) is 9.34. The second-order valence-corrected chi connectivity index (χ2v) is 14.2. The Hall–Kier alpha value is -0.953. The van der Waals surface area contributed by atoms with Gasteiger partial charge in [-0.05, 0) is 38.4 Å². The standard InChI is InChI=1S/C22H40O5Si/c1-9-10-11-12-13-14-15-20(23)24-16-18-19(27-22(5,6)26-18)17-25-28(7,8)21(2,3)4/h12-15,18-19H,9-11,16-17H2,1-8H3/b13-12+,15-14+/t18-,19-/m1/s1. The molecular weight excluding hydrogens is 372 g/mol. The third-order valence-electron chi connectivity index (χ3n) is 5.29. The van der Waals surface area contributed by atoms with Gasteiger partial charge >= 0.3 is 5.97 Å². The summed E-state index contributed by atoms with van der Waals surface area (Å²) in [5, 5.41) is 0.124. The maximum atomic E-state index is 11.9. The summed E-state index contributed by atoms with van der Waals surface area (Å²) in [5.74, 6) is -1.09. The zero-order valence-electron chi connectivity index (χ0n) is 19.0. The number of ether oxygens (including phenoxy) is 3. The molecule has 0 aliphatic carbocycles. The van der Waals surface area contributed by atoms with Crippen LogP contribution in [0.3, 0.4) is 0 Å². The molecule has 0 aromatic heterocycles. The van der Waals surface area contributed by atoms with E-state index in [1.54, 1.807) is 6.08 Å². The van der Waals surface area contributed by atoms with Gasteiger partial charge in [0, 0.05) is 6.08 Å². The first-order chi connectivity index (χ1) is 12.9. The van der Waals surface area contributed by atoms with Gasteiger partial charge < -0.3 is 18.6 Å². The maximum Gasteiger partial charge on any atom is 0.330 e. The molecule has 0 aromatic carbocycles. The molecule has 1 heterocycles. The van der Waals surface area contributed by atoms with E-state index in [2.05, 4.69) is 46.9 Å². The molecular formula is C22H40O5Si. The number of rotatable bonds is 10. The van der Waals surface area contributed by atoms with Crippen LogP contribution < -0.4 is 0 Å². The first-order valence-electron chi connectivity index (χ1n) is 10.4. The van der Waals surface area contributed by atoms with Crippen LogP contribution in [0.4, 0.5) is 0 Å². The molecule has 1 rings (SSSR count). The molecule has 1 aliphatic heterocycles. The van der Waals surface area contributed by atoms with Crippen LogP contribution in [0.15, 0.2) is 24.3 Å². The lowest BCUT2D eigenvalue weighted by Gasteiger charge is -2.37. The van der Waals surface area contributed by atoms with Crippen molar-refractivity contribution in [3.63, 3.8) is 0 Å². The molecule has 0 aromatic rings. The molecule has 0 bridgehead atoms. The normalized spacial score (nSPS) is 23.0. The average molecular weight is 413 g/mol. The van der Waals surface area contributed by atoms with E-state index in [9.17, 15) is 4.79 Å². The molecule has 0 saturated carbocycles. The third-order valence-corrected chi connectivity index (χ3v) is 9.79. The number of carbonyl (C=O) groups excluding carboxylic acids is 1. The van der Waals surface area contributed by atoms with Crippen LogP contribution in [0.1, 0.15) is 60.8 Å². The first kappa shape index (κ1) is 25.1. The van der Waals surface area contributed by atoms with Crippen LogP contribution >= 0.6 is 0 Å². The van der Waals surface area contributed by atoms with E-state index in [0.29, 0.717) is 6.61 Å². The Bertz CT molecular complexity index is 546. The fraction of sp³-hybridized carbons (Fsp3) is 0.773. The molecule has 0 N–H and O–H groups in total. The lowest BCUT2D eigenvalue weighted by molar-refractivity contribution is -0.158. The summed E-state index contributed by atoms with van der Waals surface area (Å²) in [6, 6.07) is 0. The summed E-state index contributed by atoms with van der Waals surface area (Å²) in [5.41, 5.74) is 0. The molecule has 5 nitrogen and oxygen atoms in total. The van der Waals surface area contributed by atoms with Crippen molar-refractivity contribution in [1.29, 1.82) is 0 Å². The van der Waals surface area contributed by atoms with E-state index in [0.717, 1.165) is 19.3 Å². The lowest BCUT2D eigenvalue weighted by atomic mass is 10.2. The van der Waals surface area contributed by atoms with Gasteiger partial charge in [0.15, 0.2) is 14.1 Å². The fourth-order valence-corrected chi connectivity index (χ4v) is 3.56. The van der Waals surface area contributed by atoms with Crippen LogP contribution in [0.5, 0.6) is 0 Å². The summed E-state index contributed by atoms with van der Waals surface area (Å²) in [7, 11) is -1.89. The Balaban J connectivity index is 2.54. The molecule has 1 saturated heterocycles. The second kappa shape index (κ2) is 10.7. The smallest absolute Gasteiger partial charge is 0.330 e. The van der Waals surface area contributed by atoms with Gasteiger partial charge in [0.05, 0.1) is 6.61 Å². The van der Waals surface area contributed by atoms with E-state index in [1.807, 2.05) is 19.9 Å². The molecule has 28 heavy (non-hydrogen) atoms. The zero-order chi connectivity index (χ0) is 21.4. The fourth-order valence-electron chi connectivity index (χ4n) is 2.54. The lowest BCUT2D eigenvalue weighted by Crippen LogP contribution is -2.44. The van der Waals surface area contributed by atoms with Crippen LogP contribution in [-0.4, -0.2) is 45.5 Å². The highest BCUT2D eigenvalue weighted by atomic mass is 28.4. The number of esters is 1.